The molecule has 0 spiro atoms. The standard InChI is InChI=1S/C75H91N13O11S2/c1-4-29-88-39-48(32-53-52-19-14-23-56-65(52)47(38-79-56)35-64(53)88)67(90)81-58(30-43-15-6-5-7-16-43)70(93)85-62(40-100)72(95)82-59(31-44-24-26-49(89)27-25-44)69(92)83-60(33-45-36-77-54-20-10-8-17-50(45)54)71(94)80-57(22-12-13-28-76)68(91)87-66(42(2)3)74(97)86-63(41-101)73(96)84-61(75(98)99)34-46-37-78-55-21-11-9-18-51(46)55/h5-11,14-21,23-27,36-38,42,48,53,57-64,66,77-79,89,100-101H,4,12-13,22,28-35,39-41,76H2,1-3H3,(H,80,94)(H,81,90)(H,82,95)(H,83,92)(H,84,96)(H,85,93)(H,86,97)(H,87,91)(H,98,99)/t48-,53?,57+,58-,59+,60-,61+,62+,63+,64?,66+/m1/s1. The van der Waals surface area contributed by atoms with Crippen molar-refractivity contribution in [1.29, 1.82) is 0 Å². The van der Waals surface area contributed by atoms with Gasteiger partial charge in [-0.2, -0.15) is 25.3 Å². The average molecular weight is 1410 g/mol. The van der Waals surface area contributed by atoms with Crippen LogP contribution in [0.5, 0.6) is 5.75 Å². The third-order valence-corrected chi connectivity index (χ3v) is 20.0. The van der Waals surface area contributed by atoms with Crippen LogP contribution in [0.3, 0.4) is 0 Å². The van der Waals surface area contributed by atoms with Crippen LogP contribution in [0, 0.1) is 11.8 Å². The molecule has 2 aliphatic rings. The number of phenols is 1. The fourth-order valence-corrected chi connectivity index (χ4v) is 14.5. The molecule has 11 atom stereocenters. The van der Waals surface area contributed by atoms with Crippen LogP contribution in [0.2, 0.25) is 0 Å². The summed E-state index contributed by atoms with van der Waals surface area (Å²) in [6.07, 6.45) is 8.26. The lowest BCUT2D eigenvalue weighted by molar-refractivity contribution is -0.142. The number of aromatic amines is 3. The van der Waals surface area contributed by atoms with E-state index in [1.165, 1.54) is 28.6 Å². The average Bonchev–Trinajstić information content (AvgIpc) is 1.70. The molecule has 10 rings (SSSR count). The molecule has 1 fully saturated rings. The van der Waals surface area contributed by atoms with Crippen molar-refractivity contribution in [2.45, 2.75) is 145 Å². The van der Waals surface area contributed by atoms with Crippen LogP contribution in [-0.2, 0) is 75.3 Å². The summed E-state index contributed by atoms with van der Waals surface area (Å²) in [6, 6.07) is 25.5. The van der Waals surface area contributed by atoms with Crippen molar-refractivity contribution < 1.29 is 53.4 Å². The quantitative estimate of drug-likeness (QED) is 0.0183. The summed E-state index contributed by atoms with van der Waals surface area (Å²) in [5.74, 6) is -8.67. The number of unbranched alkanes of at least 4 members (excludes halogenated alkanes) is 1. The summed E-state index contributed by atoms with van der Waals surface area (Å²) >= 11 is 8.86. The van der Waals surface area contributed by atoms with E-state index in [0.29, 0.717) is 42.5 Å². The summed E-state index contributed by atoms with van der Waals surface area (Å²) in [5.41, 5.74) is 13.5. The van der Waals surface area contributed by atoms with E-state index < -0.39 is 107 Å². The first-order chi connectivity index (χ1) is 48.7. The Morgan fingerprint density at radius 1 is 0.545 bits per heavy atom. The van der Waals surface area contributed by atoms with Gasteiger partial charge in [-0.05, 0) is 121 Å². The summed E-state index contributed by atoms with van der Waals surface area (Å²) in [5, 5.41) is 45.6. The summed E-state index contributed by atoms with van der Waals surface area (Å²) < 4.78 is 0. The Balaban J connectivity index is 0.858. The number of aliphatic carboxylic acids is 1. The Morgan fingerprint density at radius 3 is 1.62 bits per heavy atom. The van der Waals surface area contributed by atoms with Crippen molar-refractivity contribution in [1.82, 2.24) is 62.4 Å². The molecule has 24 nitrogen and oxygen atoms in total. The second-order valence-corrected chi connectivity index (χ2v) is 27.5. The predicted molar refractivity (Wildman–Crippen MR) is 393 cm³/mol. The first-order valence-electron chi connectivity index (χ1n) is 34.6. The number of para-hydroxylation sites is 2. The summed E-state index contributed by atoms with van der Waals surface area (Å²) in [6.45, 7) is 6.99. The normalized spacial score (nSPS) is 17.4. The lowest BCUT2D eigenvalue weighted by atomic mass is 9.72. The fraction of sp³-hybridized carbons (Fsp3) is 0.400. The summed E-state index contributed by atoms with van der Waals surface area (Å²) in [7, 11) is 0. The Kier molecular flexibility index (Phi) is 25.4. The number of carbonyl (C=O) groups excluding carboxylic acids is 8. The second kappa shape index (κ2) is 34.6. The van der Waals surface area contributed by atoms with Crippen molar-refractivity contribution in [3.05, 3.63) is 173 Å². The number of aromatic hydroxyl groups is 1. The van der Waals surface area contributed by atoms with Crippen molar-refractivity contribution in [3.8, 4) is 5.75 Å². The van der Waals surface area contributed by atoms with Gasteiger partial charge in [0.2, 0.25) is 47.3 Å². The van der Waals surface area contributed by atoms with Crippen LogP contribution in [0.4, 0.5) is 0 Å². The highest BCUT2D eigenvalue weighted by Gasteiger charge is 2.44. The van der Waals surface area contributed by atoms with Gasteiger partial charge in [0, 0.05) is 107 Å². The zero-order chi connectivity index (χ0) is 71.9. The van der Waals surface area contributed by atoms with Gasteiger partial charge in [0.25, 0.3) is 0 Å². The highest BCUT2D eigenvalue weighted by atomic mass is 32.1. The number of fused-ring (bicyclic) bond motifs is 4. The molecule has 4 heterocycles. The Labute approximate surface area is 596 Å². The van der Waals surface area contributed by atoms with Crippen molar-refractivity contribution in [2.75, 3.05) is 31.1 Å². The highest BCUT2D eigenvalue weighted by molar-refractivity contribution is 7.80. The van der Waals surface area contributed by atoms with E-state index >= 15 is 9.59 Å². The SMILES string of the molecule is CCCN1C[C@H](C(=O)N[C@H](Cc2ccccc2)C(=O)N[C@@H](CS)C(=O)N[C@@H](Cc2ccc(O)cc2)C(=O)N[C@H](Cc2c[nH]c3ccccc23)C(=O)N[C@@H](CCCCN)C(=O)N[C@H](C(=O)N[C@@H](CS)C(=O)N[C@@H](Cc2c[nH]c3ccccc23)C(=O)O)C(C)C)CC2c3cccc4[nH]cc(c34)CC21. The number of benzene rings is 5. The molecule has 15 N–H and O–H groups in total. The molecule has 0 saturated carbocycles. The molecule has 1 aliphatic carbocycles. The summed E-state index contributed by atoms with van der Waals surface area (Å²) in [4.78, 5) is 142. The Bertz CT molecular complexity index is 4240. The topological polar surface area (TPSA) is 367 Å². The number of hydrogen-bond acceptors (Lipinski definition) is 14. The number of rotatable bonds is 34. The maximum Gasteiger partial charge on any atom is 0.326 e. The molecular weight excluding hydrogens is 1320 g/mol. The molecule has 2 unspecified atom stereocenters. The first-order valence-corrected chi connectivity index (χ1v) is 35.8. The number of nitrogens with two attached hydrogens (primary N) is 1. The highest BCUT2D eigenvalue weighted by Crippen LogP contribution is 2.45. The second-order valence-electron chi connectivity index (χ2n) is 26.7. The molecule has 0 bridgehead atoms. The number of H-pyrrole nitrogens is 3. The maximum absolute atomic E-state index is 15.2. The first kappa shape index (κ1) is 74.1. The zero-order valence-electron chi connectivity index (χ0n) is 56.8. The maximum atomic E-state index is 15.2. The smallest absolute Gasteiger partial charge is 0.326 e. The van der Waals surface area contributed by atoms with E-state index in [2.05, 4.69) is 113 Å². The Morgan fingerprint density at radius 2 is 1.04 bits per heavy atom. The zero-order valence-corrected chi connectivity index (χ0v) is 58.6. The fourth-order valence-electron chi connectivity index (χ4n) is 14.0. The molecule has 5 aromatic carbocycles. The van der Waals surface area contributed by atoms with Gasteiger partial charge in [0.05, 0.1) is 5.92 Å². The van der Waals surface area contributed by atoms with Gasteiger partial charge in [-0.3, -0.25) is 43.3 Å². The number of nitrogens with one attached hydrogen (secondary N) is 11. The number of hydrogen-bond donors (Lipinski definition) is 16. The molecule has 101 heavy (non-hydrogen) atoms. The van der Waals surface area contributed by atoms with Crippen LogP contribution in [0.25, 0.3) is 32.7 Å². The van der Waals surface area contributed by atoms with Gasteiger partial charge >= 0.3 is 5.97 Å². The Hall–Kier alpha value is -9.63. The van der Waals surface area contributed by atoms with E-state index in [4.69, 9.17) is 5.73 Å². The van der Waals surface area contributed by atoms with Gasteiger partial charge in [-0.15, -0.1) is 0 Å². The van der Waals surface area contributed by atoms with Crippen LogP contribution >= 0.6 is 25.3 Å². The number of nitrogens with zero attached hydrogens (tertiary/aromatic N) is 1. The molecule has 1 saturated heterocycles. The van der Waals surface area contributed by atoms with E-state index in [9.17, 15) is 43.8 Å². The number of aromatic nitrogens is 3. The monoisotopic (exact) mass is 1410 g/mol. The molecular formula is C75H91N13O11S2. The van der Waals surface area contributed by atoms with Crippen molar-refractivity contribution in [3.63, 3.8) is 0 Å². The molecule has 1 aliphatic heterocycles. The minimum atomic E-state index is -1.45. The van der Waals surface area contributed by atoms with Gasteiger partial charge < -0.3 is 73.4 Å². The molecule has 534 valence electrons. The number of likely N-dealkylation sites (tertiary alicyclic amines) is 1. The lowest BCUT2D eigenvalue weighted by Crippen LogP contribution is -2.61. The minimum Gasteiger partial charge on any atom is -0.508 e. The molecule has 0 radical (unpaired) electrons. The van der Waals surface area contributed by atoms with Crippen LogP contribution in [0.1, 0.15) is 92.2 Å². The molecule has 26 heteroatoms. The van der Waals surface area contributed by atoms with Crippen LogP contribution in [0.15, 0.2) is 140 Å². The molecule has 8 aromatic rings. The van der Waals surface area contributed by atoms with Crippen LogP contribution < -0.4 is 48.3 Å². The number of thiol groups is 2. The number of amides is 8. The predicted octanol–water partition coefficient (Wildman–Crippen LogP) is 5.15. The molecule has 3 aromatic heterocycles. The van der Waals surface area contributed by atoms with Crippen molar-refractivity contribution >= 4 is 111 Å². The minimum absolute atomic E-state index is 0.0292. The number of carbonyl (C=O) groups is 9. The van der Waals surface area contributed by atoms with E-state index in [1.54, 1.807) is 38.4 Å². The van der Waals surface area contributed by atoms with Gasteiger partial charge in [0.1, 0.15) is 54.1 Å². The van der Waals surface area contributed by atoms with Gasteiger partial charge in [0.15, 0.2) is 0 Å². The van der Waals surface area contributed by atoms with Crippen molar-refractivity contribution in [2.24, 2.45) is 17.6 Å². The lowest BCUT2D eigenvalue weighted by Gasteiger charge is -2.47. The van der Waals surface area contributed by atoms with E-state index in [0.717, 1.165) is 52.3 Å². The molecule has 8 amide bonds. The third-order valence-electron chi connectivity index (χ3n) is 19.3. The number of carboxylic acids is 1. The number of piperidine rings is 1. The number of phenolic OH excluding ortho intramolecular Hbond substituents is 1. The largest absolute Gasteiger partial charge is 0.508 e. The third kappa shape index (κ3) is 18.5. The van der Waals surface area contributed by atoms with E-state index in [1.807, 2.05) is 84.9 Å². The van der Waals surface area contributed by atoms with Gasteiger partial charge in [-0.1, -0.05) is 112 Å². The van der Waals surface area contributed by atoms with E-state index in [-0.39, 0.29) is 73.8 Å². The van der Waals surface area contributed by atoms with Crippen LogP contribution in [-0.4, -0.2) is 169 Å². The number of carboxylic acid groups (broad SMARTS) is 1. The van der Waals surface area contributed by atoms with Gasteiger partial charge in [-0.25, -0.2) is 4.79 Å².